The Morgan fingerprint density at radius 1 is 1.38 bits per heavy atom. The zero-order chi connectivity index (χ0) is 11.3. The van der Waals surface area contributed by atoms with E-state index in [1.54, 1.807) is 12.3 Å². The van der Waals surface area contributed by atoms with Gasteiger partial charge in [-0.1, -0.05) is 12.1 Å². The van der Waals surface area contributed by atoms with Crippen LogP contribution in [0.1, 0.15) is 15.9 Å². The fourth-order valence-electron chi connectivity index (χ4n) is 2.33. The highest BCUT2D eigenvalue weighted by Gasteiger charge is 2.18. The van der Waals surface area contributed by atoms with Crippen molar-refractivity contribution in [1.29, 1.82) is 0 Å². The van der Waals surface area contributed by atoms with E-state index in [1.165, 1.54) is 0 Å². The van der Waals surface area contributed by atoms with Gasteiger partial charge in [0, 0.05) is 18.1 Å². The van der Waals surface area contributed by atoms with Crippen LogP contribution in [-0.4, -0.2) is 10.5 Å². The number of carbonyl (C=O) groups excluding carboxylic acids is 1. The van der Waals surface area contributed by atoms with Crippen molar-refractivity contribution in [2.45, 2.75) is 13.0 Å². The molecule has 4 nitrogen and oxygen atoms in total. The van der Waals surface area contributed by atoms with Crippen LogP contribution in [0.4, 0.5) is 0 Å². The van der Waals surface area contributed by atoms with Gasteiger partial charge in [-0.15, -0.1) is 0 Å². The van der Waals surface area contributed by atoms with Gasteiger partial charge in [-0.3, -0.25) is 9.59 Å². The molecule has 2 N–H and O–H groups in total. The van der Waals surface area contributed by atoms with E-state index in [9.17, 15) is 9.59 Å². The van der Waals surface area contributed by atoms with Crippen molar-refractivity contribution in [1.82, 2.24) is 4.57 Å². The van der Waals surface area contributed by atoms with Crippen molar-refractivity contribution >= 4 is 16.8 Å². The molecule has 1 aromatic heterocycles. The van der Waals surface area contributed by atoms with Gasteiger partial charge in [-0.25, -0.2) is 0 Å². The van der Waals surface area contributed by atoms with Gasteiger partial charge in [0.2, 0.25) is 5.43 Å². The number of hydrogen-bond acceptors (Lipinski definition) is 2. The molecule has 1 aliphatic heterocycles. The molecule has 0 atom stereocenters. The van der Waals surface area contributed by atoms with E-state index in [0.29, 0.717) is 5.39 Å². The number of amides is 1. The van der Waals surface area contributed by atoms with Crippen LogP contribution < -0.4 is 11.2 Å². The molecule has 0 unspecified atom stereocenters. The zero-order valence-electron chi connectivity index (χ0n) is 8.56. The van der Waals surface area contributed by atoms with Crippen LogP contribution in [0.15, 0.2) is 29.2 Å². The number of para-hydroxylation sites is 1. The maximum atomic E-state index is 12.0. The summed E-state index contributed by atoms with van der Waals surface area (Å²) in [7, 11) is 0. The number of aryl methyl sites for hydroxylation is 2. The van der Waals surface area contributed by atoms with E-state index < -0.39 is 5.91 Å². The van der Waals surface area contributed by atoms with Gasteiger partial charge in [0.25, 0.3) is 5.91 Å². The Kier molecular flexibility index (Phi) is 1.68. The highest BCUT2D eigenvalue weighted by molar-refractivity contribution is 5.97. The van der Waals surface area contributed by atoms with Crippen molar-refractivity contribution in [2.75, 3.05) is 0 Å². The van der Waals surface area contributed by atoms with Gasteiger partial charge in [-0.2, -0.15) is 0 Å². The fraction of sp³-hybridized carbons (Fsp3) is 0.167. The molecular formula is C12H10N2O2. The lowest BCUT2D eigenvalue weighted by atomic mass is 10.1. The molecule has 4 heteroatoms. The van der Waals surface area contributed by atoms with Crippen LogP contribution in [0, 0.1) is 0 Å². The van der Waals surface area contributed by atoms with E-state index in [1.807, 2.05) is 16.7 Å². The minimum absolute atomic E-state index is 0.0755. The molecule has 0 saturated carbocycles. The molecule has 0 aliphatic carbocycles. The molecular weight excluding hydrogens is 204 g/mol. The Morgan fingerprint density at radius 2 is 2.19 bits per heavy atom. The van der Waals surface area contributed by atoms with Gasteiger partial charge in [0.05, 0.1) is 5.52 Å². The van der Waals surface area contributed by atoms with E-state index >= 15 is 0 Å². The molecule has 1 aliphatic rings. The highest BCUT2D eigenvalue weighted by atomic mass is 16.2. The number of hydrogen-bond donors (Lipinski definition) is 1. The third kappa shape index (κ3) is 1.04. The zero-order valence-corrected chi connectivity index (χ0v) is 8.56. The summed E-state index contributed by atoms with van der Waals surface area (Å²) >= 11 is 0. The summed E-state index contributed by atoms with van der Waals surface area (Å²) in [6, 6.07) is 5.60. The van der Waals surface area contributed by atoms with Crippen molar-refractivity contribution < 1.29 is 4.79 Å². The number of benzene rings is 1. The van der Waals surface area contributed by atoms with Crippen LogP contribution in [0.2, 0.25) is 0 Å². The van der Waals surface area contributed by atoms with Gasteiger partial charge in [0.1, 0.15) is 5.56 Å². The van der Waals surface area contributed by atoms with Gasteiger partial charge in [0.15, 0.2) is 0 Å². The predicted octanol–water partition coefficient (Wildman–Crippen LogP) is 0.657. The molecule has 0 fully saturated rings. The molecule has 0 bridgehead atoms. The van der Waals surface area contributed by atoms with Gasteiger partial charge in [-0.05, 0) is 18.1 Å². The van der Waals surface area contributed by atoms with Crippen molar-refractivity contribution in [3.63, 3.8) is 0 Å². The first-order valence-corrected chi connectivity index (χ1v) is 5.13. The third-order valence-corrected chi connectivity index (χ3v) is 3.07. The van der Waals surface area contributed by atoms with Crippen LogP contribution in [0.25, 0.3) is 10.9 Å². The Morgan fingerprint density at radius 3 is 2.94 bits per heavy atom. The van der Waals surface area contributed by atoms with Crippen LogP contribution in [0.5, 0.6) is 0 Å². The number of pyridine rings is 1. The van der Waals surface area contributed by atoms with Gasteiger partial charge < -0.3 is 10.3 Å². The summed E-state index contributed by atoms with van der Waals surface area (Å²) in [5.41, 5.74) is 7.11. The van der Waals surface area contributed by atoms with Crippen LogP contribution in [0.3, 0.4) is 0 Å². The average Bonchev–Trinajstić information content (AvgIpc) is 2.67. The largest absolute Gasteiger partial charge is 0.365 e. The predicted molar refractivity (Wildman–Crippen MR) is 60.4 cm³/mol. The average molecular weight is 214 g/mol. The smallest absolute Gasteiger partial charge is 0.254 e. The second kappa shape index (κ2) is 2.95. The fourth-order valence-corrected chi connectivity index (χ4v) is 2.33. The summed E-state index contributed by atoms with van der Waals surface area (Å²) in [5.74, 6) is -0.659. The monoisotopic (exact) mass is 214 g/mol. The summed E-state index contributed by atoms with van der Waals surface area (Å²) in [4.78, 5) is 23.1. The molecule has 16 heavy (non-hydrogen) atoms. The Hall–Kier alpha value is -2.10. The number of carbonyl (C=O) groups is 1. The molecule has 0 spiro atoms. The third-order valence-electron chi connectivity index (χ3n) is 3.07. The normalized spacial score (nSPS) is 13.2. The first-order valence-electron chi connectivity index (χ1n) is 5.13. The number of primary amides is 1. The summed E-state index contributed by atoms with van der Waals surface area (Å²) in [5, 5.41) is 0.589. The first-order chi connectivity index (χ1) is 7.68. The lowest BCUT2D eigenvalue weighted by Gasteiger charge is -2.05. The summed E-state index contributed by atoms with van der Waals surface area (Å²) in [6.45, 7) is 0.802. The number of nitrogens with two attached hydrogens (primary N) is 1. The molecule has 0 radical (unpaired) electrons. The molecule has 2 aromatic rings. The molecule has 3 rings (SSSR count). The van der Waals surface area contributed by atoms with E-state index in [-0.39, 0.29) is 11.0 Å². The first kappa shape index (κ1) is 9.15. The van der Waals surface area contributed by atoms with E-state index in [2.05, 4.69) is 0 Å². The minimum Gasteiger partial charge on any atom is -0.365 e. The molecule has 1 aromatic carbocycles. The highest BCUT2D eigenvalue weighted by Crippen LogP contribution is 2.23. The number of aromatic nitrogens is 1. The Labute approximate surface area is 91.3 Å². The Balaban J connectivity index is 2.54. The lowest BCUT2D eigenvalue weighted by Crippen LogP contribution is -2.23. The van der Waals surface area contributed by atoms with E-state index in [4.69, 9.17) is 5.73 Å². The lowest BCUT2D eigenvalue weighted by molar-refractivity contribution is 0.0999. The molecule has 2 heterocycles. The van der Waals surface area contributed by atoms with E-state index in [0.717, 1.165) is 24.0 Å². The number of nitrogens with zero attached hydrogens (tertiary/aromatic N) is 1. The molecule has 80 valence electrons. The standard InChI is InChI=1S/C12H10N2O2/c13-12(16)9-6-14-5-4-7-2-1-3-8(10(7)14)11(9)15/h1-3,6H,4-5H2,(H2,13,16). The Bertz CT molecular complexity index is 671. The number of rotatable bonds is 1. The van der Waals surface area contributed by atoms with Crippen molar-refractivity contribution in [3.05, 3.63) is 45.7 Å². The van der Waals surface area contributed by atoms with Crippen LogP contribution >= 0.6 is 0 Å². The van der Waals surface area contributed by atoms with Crippen molar-refractivity contribution in [2.24, 2.45) is 5.73 Å². The second-order valence-electron chi connectivity index (χ2n) is 3.99. The molecule has 0 saturated heterocycles. The maximum Gasteiger partial charge on any atom is 0.254 e. The van der Waals surface area contributed by atoms with Crippen molar-refractivity contribution in [3.8, 4) is 0 Å². The topological polar surface area (TPSA) is 65.1 Å². The van der Waals surface area contributed by atoms with Crippen LogP contribution in [-0.2, 0) is 13.0 Å². The molecule has 1 amide bonds. The summed E-state index contributed by atoms with van der Waals surface area (Å²) < 4.78 is 1.94. The quantitative estimate of drug-likeness (QED) is 0.757. The SMILES string of the molecule is NC(=O)c1cn2c3c(cccc3c1=O)CC2. The summed E-state index contributed by atoms with van der Waals surface area (Å²) in [6.07, 6.45) is 2.47. The minimum atomic E-state index is -0.659. The van der Waals surface area contributed by atoms with Gasteiger partial charge >= 0.3 is 0 Å². The maximum absolute atomic E-state index is 12.0. The second-order valence-corrected chi connectivity index (χ2v) is 3.99.